The van der Waals surface area contributed by atoms with Crippen molar-refractivity contribution in [3.05, 3.63) is 0 Å². The number of rotatable bonds is 0. The highest BCUT2D eigenvalue weighted by Gasteiger charge is 2.73. The first-order chi connectivity index (χ1) is 5.09. The highest BCUT2D eigenvalue weighted by molar-refractivity contribution is 9.10. The Balaban J connectivity index is 2.15. The number of fused-ring (bicyclic) bond motifs is 1. The second kappa shape index (κ2) is 2.52. The maximum atomic E-state index is 6.15. The highest BCUT2D eigenvalue weighted by atomic mass is 79.9. The molecule has 2 unspecified atom stereocenters. The van der Waals surface area contributed by atoms with Gasteiger partial charge in [0.2, 0.25) is 0 Å². The fourth-order valence-electron chi connectivity index (χ4n) is 2.16. The predicted molar refractivity (Wildman–Crippen MR) is 52.7 cm³/mol. The van der Waals surface area contributed by atoms with Crippen LogP contribution in [0.2, 0.25) is 0 Å². The van der Waals surface area contributed by atoms with Crippen LogP contribution in [0.4, 0.5) is 0 Å². The topological polar surface area (TPSA) is 0 Å². The van der Waals surface area contributed by atoms with Gasteiger partial charge in [0.15, 0.2) is 0 Å². The van der Waals surface area contributed by atoms with Crippen molar-refractivity contribution < 1.29 is 0 Å². The van der Waals surface area contributed by atoms with Gasteiger partial charge in [-0.15, -0.1) is 0 Å². The summed E-state index contributed by atoms with van der Waals surface area (Å²) >= 11 is 16.0. The Morgan fingerprint density at radius 3 is 2.64 bits per heavy atom. The normalized spacial score (nSPS) is 47.7. The van der Waals surface area contributed by atoms with E-state index in [9.17, 15) is 0 Å². The van der Waals surface area contributed by atoms with Gasteiger partial charge in [0.05, 0.1) is 4.32 Å². The molecule has 11 heavy (non-hydrogen) atoms. The molecule has 0 N–H and O–H groups in total. The summed E-state index contributed by atoms with van der Waals surface area (Å²) in [5.41, 5.74) is 0. The molecule has 0 heterocycles. The van der Waals surface area contributed by atoms with E-state index in [2.05, 4.69) is 15.9 Å². The molecule has 0 radical (unpaired) electrons. The molecule has 0 bridgehead atoms. The van der Waals surface area contributed by atoms with E-state index in [0.717, 1.165) is 6.42 Å². The van der Waals surface area contributed by atoms with E-state index in [4.69, 9.17) is 23.2 Å². The molecule has 2 aliphatic carbocycles. The van der Waals surface area contributed by atoms with Crippen molar-refractivity contribution >= 4 is 39.1 Å². The molecule has 0 aromatic heterocycles. The molecule has 64 valence electrons. The maximum Gasteiger partial charge on any atom is 0.138 e. The van der Waals surface area contributed by atoms with E-state index in [-0.39, 0.29) is 4.32 Å². The molecule has 2 aliphatic rings. The number of hydrogen-bond acceptors (Lipinski definition) is 0. The summed E-state index contributed by atoms with van der Waals surface area (Å²) < 4.78 is -0.396. The first-order valence-electron chi connectivity index (χ1n) is 4.16. The molecule has 0 amide bonds. The van der Waals surface area contributed by atoms with Gasteiger partial charge >= 0.3 is 0 Å². The second-order valence-corrected chi connectivity index (χ2v) is 6.44. The lowest BCUT2D eigenvalue weighted by molar-refractivity contribution is 0.639. The predicted octanol–water partition coefficient (Wildman–Crippen LogP) is 3.89. The molecule has 0 nitrogen and oxygen atoms in total. The Morgan fingerprint density at radius 1 is 1.18 bits per heavy atom. The van der Waals surface area contributed by atoms with E-state index < -0.39 is 4.33 Å². The monoisotopic (exact) mass is 256 g/mol. The molecule has 0 spiro atoms. The summed E-state index contributed by atoms with van der Waals surface area (Å²) in [4.78, 5) is 0. The van der Waals surface area contributed by atoms with Crippen LogP contribution in [0, 0.1) is 5.92 Å². The Morgan fingerprint density at radius 2 is 1.91 bits per heavy atom. The van der Waals surface area contributed by atoms with E-state index >= 15 is 0 Å². The smallest absolute Gasteiger partial charge is 0.0997 e. The van der Waals surface area contributed by atoms with Crippen LogP contribution >= 0.6 is 39.1 Å². The van der Waals surface area contributed by atoms with E-state index in [1.165, 1.54) is 25.7 Å². The van der Waals surface area contributed by atoms with Crippen molar-refractivity contribution in [1.82, 2.24) is 0 Å². The Labute approximate surface area is 85.8 Å². The number of halogens is 3. The minimum atomic E-state index is -0.465. The van der Waals surface area contributed by atoms with Crippen LogP contribution in [0.5, 0.6) is 0 Å². The van der Waals surface area contributed by atoms with Crippen molar-refractivity contribution in [3.63, 3.8) is 0 Å². The largest absolute Gasteiger partial charge is 0.138 e. The third-order valence-corrected chi connectivity index (χ3v) is 6.23. The molecule has 3 heteroatoms. The number of alkyl halides is 3. The summed E-state index contributed by atoms with van der Waals surface area (Å²) in [5, 5.41) is 0. The molecular weight excluding hydrogens is 247 g/mol. The molecule has 2 saturated carbocycles. The van der Waals surface area contributed by atoms with Crippen LogP contribution in [0.15, 0.2) is 0 Å². The van der Waals surface area contributed by atoms with Gasteiger partial charge in [-0.2, -0.15) is 0 Å². The third-order valence-electron chi connectivity index (χ3n) is 2.99. The van der Waals surface area contributed by atoms with Gasteiger partial charge in [-0.25, -0.2) is 0 Å². The summed E-state index contributed by atoms with van der Waals surface area (Å²) in [6, 6.07) is 0. The fraction of sp³-hybridized carbons (Fsp3) is 1.00. The standard InChI is InChI=1S/C8H11BrCl2/c9-7-5-3-1-2-4-6(7)8(7,10)11/h6H,1-5H2. The van der Waals surface area contributed by atoms with Crippen molar-refractivity contribution in [2.45, 2.75) is 40.8 Å². The first kappa shape index (κ1) is 8.65. The Kier molecular flexibility index (Phi) is 1.98. The van der Waals surface area contributed by atoms with Crippen LogP contribution in [0.1, 0.15) is 32.1 Å². The summed E-state index contributed by atoms with van der Waals surface area (Å²) in [7, 11) is 0. The average Bonchev–Trinajstić information content (AvgIpc) is 2.43. The molecule has 2 rings (SSSR count). The molecule has 0 saturated heterocycles. The molecule has 0 aliphatic heterocycles. The molecule has 0 aromatic carbocycles. The molecule has 2 fully saturated rings. The fourth-order valence-corrected chi connectivity index (χ4v) is 4.37. The Hall–Kier alpha value is 1.06. The van der Waals surface area contributed by atoms with Crippen molar-refractivity contribution in [2.24, 2.45) is 5.92 Å². The van der Waals surface area contributed by atoms with Gasteiger partial charge in [-0.3, -0.25) is 0 Å². The summed E-state index contributed by atoms with van der Waals surface area (Å²) in [6.45, 7) is 0. The van der Waals surface area contributed by atoms with Gasteiger partial charge in [0, 0.05) is 5.92 Å². The van der Waals surface area contributed by atoms with E-state index in [1.54, 1.807) is 0 Å². The molecule has 2 atom stereocenters. The molecular formula is C8H11BrCl2. The van der Waals surface area contributed by atoms with Crippen molar-refractivity contribution in [2.75, 3.05) is 0 Å². The van der Waals surface area contributed by atoms with Gasteiger partial charge in [0.25, 0.3) is 0 Å². The Bertz CT molecular complexity index is 181. The van der Waals surface area contributed by atoms with Gasteiger partial charge in [-0.05, 0) is 12.8 Å². The van der Waals surface area contributed by atoms with Crippen molar-refractivity contribution in [3.8, 4) is 0 Å². The van der Waals surface area contributed by atoms with Crippen LogP contribution in [0.25, 0.3) is 0 Å². The lowest BCUT2D eigenvalue weighted by Gasteiger charge is -2.07. The van der Waals surface area contributed by atoms with Gasteiger partial charge in [0.1, 0.15) is 4.33 Å². The van der Waals surface area contributed by atoms with Gasteiger partial charge in [-0.1, -0.05) is 58.4 Å². The SMILES string of the molecule is ClC1(Cl)C2CCCCCC21Br. The van der Waals surface area contributed by atoms with E-state index in [0.29, 0.717) is 5.92 Å². The quantitative estimate of drug-likeness (QED) is 0.578. The van der Waals surface area contributed by atoms with Crippen molar-refractivity contribution in [1.29, 1.82) is 0 Å². The van der Waals surface area contributed by atoms with Crippen LogP contribution < -0.4 is 0 Å². The zero-order valence-corrected chi connectivity index (χ0v) is 9.34. The van der Waals surface area contributed by atoms with Crippen LogP contribution in [-0.2, 0) is 0 Å². The molecule has 0 aromatic rings. The number of hydrogen-bond donors (Lipinski definition) is 0. The van der Waals surface area contributed by atoms with Gasteiger partial charge < -0.3 is 0 Å². The first-order valence-corrected chi connectivity index (χ1v) is 5.71. The van der Waals surface area contributed by atoms with Crippen LogP contribution in [0.3, 0.4) is 0 Å². The third kappa shape index (κ3) is 1.08. The van der Waals surface area contributed by atoms with Crippen LogP contribution in [-0.4, -0.2) is 8.66 Å². The minimum absolute atomic E-state index is 0.0691. The average molecular weight is 258 g/mol. The zero-order valence-electron chi connectivity index (χ0n) is 6.25. The lowest BCUT2D eigenvalue weighted by Crippen LogP contribution is -2.07. The lowest BCUT2D eigenvalue weighted by atomic mass is 10.2. The van der Waals surface area contributed by atoms with E-state index in [1.807, 2.05) is 0 Å². The highest BCUT2D eigenvalue weighted by Crippen LogP contribution is 2.72. The summed E-state index contributed by atoms with van der Waals surface area (Å²) in [5.74, 6) is 0.501. The zero-order chi connectivity index (χ0) is 8.11. The minimum Gasteiger partial charge on any atom is -0.0997 e. The maximum absolute atomic E-state index is 6.15. The second-order valence-electron chi connectivity index (χ2n) is 3.64. The summed E-state index contributed by atoms with van der Waals surface area (Å²) in [6.07, 6.45) is 6.23.